The summed E-state index contributed by atoms with van der Waals surface area (Å²) in [6.45, 7) is 5.71. The maximum absolute atomic E-state index is 13.0. The lowest BCUT2D eigenvalue weighted by Gasteiger charge is -2.30. The van der Waals surface area contributed by atoms with Gasteiger partial charge >= 0.3 is 0 Å². The SMILES string of the molecule is CCC(C)C(C)(O)c1cccc(F)c1. The molecule has 0 aromatic heterocycles. The van der Waals surface area contributed by atoms with E-state index < -0.39 is 5.60 Å². The largest absolute Gasteiger partial charge is 0.385 e. The highest BCUT2D eigenvalue weighted by Gasteiger charge is 2.29. The van der Waals surface area contributed by atoms with Crippen LogP contribution >= 0.6 is 0 Å². The van der Waals surface area contributed by atoms with Crippen LogP contribution in [0.2, 0.25) is 0 Å². The number of halogens is 1. The molecule has 2 heteroatoms. The Labute approximate surface area is 84.6 Å². The van der Waals surface area contributed by atoms with Crippen LogP contribution in [-0.2, 0) is 5.60 Å². The van der Waals surface area contributed by atoms with Gasteiger partial charge in [0, 0.05) is 0 Å². The first-order valence-electron chi connectivity index (χ1n) is 4.97. The third-order valence-electron chi connectivity index (χ3n) is 2.98. The predicted molar refractivity (Wildman–Crippen MR) is 55.4 cm³/mol. The summed E-state index contributed by atoms with van der Waals surface area (Å²) in [6.07, 6.45) is 0.865. The molecule has 0 amide bonds. The van der Waals surface area contributed by atoms with E-state index in [-0.39, 0.29) is 11.7 Å². The second kappa shape index (κ2) is 4.09. The molecule has 2 atom stereocenters. The van der Waals surface area contributed by atoms with Crippen LogP contribution in [0.4, 0.5) is 4.39 Å². The van der Waals surface area contributed by atoms with Crippen molar-refractivity contribution in [3.8, 4) is 0 Å². The maximum Gasteiger partial charge on any atom is 0.123 e. The lowest BCUT2D eigenvalue weighted by molar-refractivity contribution is -0.000240. The van der Waals surface area contributed by atoms with E-state index in [1.165, 1.54) is 12.1 Å². The molecule has 0 saturated heterocycles. The maximum atomic E-state index is 13.0. The van der Waals surface area contributed by atoms with Crippen molar-refractivity contribution in [1.82, 2.24) is 0 Å². The van der Waals surface area contributed by atoms with Crippen LogP contribution in [0.25, 0.3) is 0 Å². The topological polar surface area (TPSA) is 20.2 Å². The molecule has 0 aliphatic rings. The molecule has 0 aliphatic carbocycles. The number of hydrogen-bond acceptors (Lipinski definition) is 1. The van der Waals surface area contributed by atoms with Gasteiger partial charge in [-0.2, -0.15) is 0 Å². The lowest BCUT2D eigenvalue weighted by atomic mass is 9.82. The molecule has 1 nitrogen and oxygen atoms in total. The highest BCUT2D eigenvalue weighted by molar-refractivity contribution is 5.23. The molecule has 14 heavy (non-hydrogen) atoms. The molecule has 1 N–H and O–H groups in total. The summed E-state index contributed by atoms with van der Waals surface area (Å²) in [5.74, 6) is -0.185. The quantitative estimate of drug-likeness (QED) is 0.787. The molecule has 0 radical (unpaired) electrons. The Balaban J connectivity index is 3.03. The van der Waals surface area contributed by atoms with E-state index in [1.54, 1.807) is 19.1 Å². The average Bonchev–Trinajstić information content (AvgIpc) is 2.16. The van der Waals surface area contributed by atoms with Gasteiger partial charge in [-0.3, -0.25) is 0 Å². The van der Waals surface area contributed by atoms with Crippen molar-refractivity contribution in [2.45, 2.75) is 32.8 Å². The van der Waals surface area contributed by atoms with Gasteiger partial charge in [-0.15, -0.1) is 0 Å². The molecule has 0 saturated carbocycles. The minimum Gasteiger partial charge on any atom is -0.385 e. The molecule has 0 fully saturated rings. The summed E-state index contributed by atoms with van der Waals surface area (Å²) >= 11 is 0. The van der Waals surface area contributed by atoms with E-state index in [0.29, 0.717) is 5.56 Å². The van der Waals surface area contributed by atoms with Crippen LogP contribution in [0.5, 0.6) is 0 Å². The number of rotatable bonds is 3. The van der Waals surface area contributed by atoms with Gasteiger partial charge in [0.1, 0.15) is 5.82 Å². The average molecular weight is 196 g/mol. The Morgan fingerprint density at radius 3 is 2.64 bits per heavy atom. The molecule has 1 aromatic carbocycles. The van der Waals surface area contributed by atoms with Crippen molar-refractivity contribution in [3.05, 3.63) is 35.6 Å². The zero-order chi connectivity index (χ0) is 10.8. The summed E-state index contributed by atoms with van der Waals surface area (Å²) in [6, 6.07) is 6.17. The van der Waals surface area contributed by atoms with Crippen LogP contribution in [0.15, 0.2) is 24.3 Å². The first kappa shape index (κ1) is 11.2. The molecule has 0 heterocycles. The molecule has 78 valence electrons. The summed E-state index contributed by atoms with van der Waals surface area (Å²) < 4.78 is 13.0. The van der Waals surface area contributed by atoms with Crippen molar-refractivity contribution in [2.24, 2.45) is 5.92 Å². The summed E-state index contributed by atoms with van der Waals surface area (Å²) in [7, 11) is 0. The molecule has 2 unspecified atom stereocenters. The predicted octanol–water partition coefficient (Wildman–Crippen LogP) is 3.08. The van der Waals surface area contributed by atoms with Gasteiger partial charge in [-0.25, -0.2) is 4.39 Å². The molecule has 0 bridgehead atoms. The van der Waals surface area contributed by atoms with Gasteiger partial charge in [0.05, 0.1) is 5.60 Å². The lowest BCUT2D eigenvalue weighted by Crippen LogP contribution is -2.29. The summed E-state index contributed by atoms with van der Waals surface area (Å²) in [5, 5.41) is 10.2. The van der Waals surface area contributed by atoms with E-state index in [0.717, 1.165) is 6.42 Å². The smallest absolute Gasteiger partial charge is 0.123 e. The Bertz CT molecular complexity index is 307. The summed E-state index contributed by atoms with van der Waals surface area (Å²) in [5.41, 5.74) is -0.302. The molecule has 1 aromatic rings. The van der Waals surface area contributed by atoms with Crippen molar-refractivity contribution in [3.63, 3.8) is 0 Å². The van der Waals surface area contributed by atoms with Crippen molar-refractivity contribution < 1.29 is 9.50 Å². The van der Waals surface area contributed by atoms with Gasteiger partial charge in [0.2, 0.25) is 0 Å². The number of aliphatic hydroxyl groups is 1. The Hall–Kier alpha value is -0.890. The normalized spacial score (nSPS) is 17.5. The second-order valence-corrected chi connectivity index (χ2v) is 3.97. The fourth-order valence-electron chi connectivity index (χ4n) is 1.49. The highest BCUT2D eigenvalue weighted by Crippen LogP contribution is 2.31. The van der Waals surface area contributed by atoms with Gasteiger partial charge in [-0.1, -0.05) is 32.4 Å². The van der Waals surface area contributed by atoms with Gasteiger partial charge in [-0.05, 0) is 30.5 Å². The molecule has 0 aliphatic heterocycles. The first-order valence-corrected chi connectivity index (χ1v) is 4.97. The third-order valence-corrected chi connectivity index (χ3v) is 2.98. The number of hydrogen-bond donors (Lipinski definition) is 1. The van der Waals surface area contributed by atoms with Crippen molar-refractivity contribution in [1.29, 1.82) is 0 Å². The Morgan fingerprint density at radius 2 is 2.14 bits per heavy atom. The molecule has 1 rings (SSSR count). The van der Waals surface area contributed by atoms with E-state index in [2.05, 4.69) is 0 Å². The fourth-order valence-corrected chi connectivity index (χ4v) is 1.49. The van der Waals surface area contributed by atoms with Crippen molar-refractivity contribution in [2.75, 3.05) is 0 Å². The van der Waals surface area contributed by atoms with E-state index in [1.807, 2.05) is 13.8 Å². The minimum atomic E-state index is -0.948. The standard InChI is InChI=1S/C12H17FO/c1-4-9(2)12(3,14)10-6-5-7-11(13)8-10/h5-9,14H,4H2,1-3H3. The second-order valence-electron chi connectivity index (χ2n) is 3.97. The Kier molecular flexibility index (Phi) is 3.27. The third kappa shape index (κ3) is 2.13. The van der Waals surface area contributed by atoms with Crippen LogP contribution in [-0.4, -0.2) is 5.11 Å². The van der Waals surface area contributed by atoms with Crippen LogP contribution < -0.4 is 0 Å². The summed E-state index contributed by atoms with van der Waals surface area (Å²) in [4.78, 5) is 0. The van der Waals surface area contributed by atoms with Crippen molar-refractivity contribution >= 4 is 0 Å². The zero-order valence-electron chi connectivity index (χ0n) is 8.92. The van der Waals surface area contributed by atoms with Gasteiger partial charge in [0.25, 0.3) is 0 Å². The highest BCUT2D eigenvalue weighted by atomic mass is 19.1. The number of benzene rings is 1. The van der Waals surface area contributed by atoms with E-state index in [9.17, 15) is 9.50 Å². The van der Waals surface area contributed by atoms with E-state index >= 15 is 0 Å². The van der Waals surface area contributed by atoms with Gasteiger partial charge in [0.15, 0.2) is 0 Å². The van der Waals surface area contributed by atoms with Gasteiger partial charge < -0.3 is 5.11 Å². The van der Waals surface area contributed by atoms with E-state index in [4.69, 9.17) is 0 Å². The molecular formula is C12H17FO. The van der Waals surface area contributed by atoms with Crippen LogP contribution in [0.3, 0.4) is 0 Å². The molecular weight excluding hydrogens is 179 g/mol. The molecule has 0 spiro atoms. The first-order chi connectivity index (χ1) is 6.48. The van der Waals surface area contributed by atoms with Crippen LogP contribution in [0.1, 0.15) is 32.8 Å². The Morgan fingerprint density at radius 1 is 1.50 bits per heavy atom. The van der Waals surface area contributed by atoms with Crippen LogP contribution in [0, 0.1) is 11.7 Å². The monoisotopic (exact) mass is 196 g/mol. The zero-order valence-corrected chi connectivity index (χ0v) is 8.92. The fraction of sp³-hybridized carbons (Fsp3) is 0.500. The minimum absolute atomic E-state index is 0.115.